The molecular formula is C23H33NO. The Morgan fingerprint density at radius 2 is 1.24 bits per heavy atom. The number of ether oxygens (including phenoxy) is 1. The van der Waals surface area contributed by atoms with Crippen LogP contribution in [0.25, 0.3) is 0 Å². The molecule has 2 aromatic rings. The van der Waals surface area contributed by atoms with Gasteiger partial charge in [-0.1, -0.05) is 74.5 Å². The van der Waals surface area contributed by atoms with Gasteiger partial charge in [0.05, 0.1) is 0 Å². The van der Waals surface area contributed by atoms with Gasteiger partial charge < -0.3 is 9.64 Å². The minimum atomic E-state index is 0.0322. The average molecular weight is 340 g/mol. The Labute approximate surface area is 153 Å². The molecule has 25 heavy (non-hydrogen) atoms. The zero-order chi connectivity index (χ0) is 17.7. The minimum Gasteiger partial charge on any atom is -0.369 e. The Kier molecular flexibility index (Phi) is 9.32. The fourth-order valence-electron chi connectivity index (χ4n) is 3.25. The first-order chi connectivity index (χ1) is 12.3. The van der Waals surface area contributed by atoms with Crippen LogP contribution in [0.5, 0.6) is 0 Å². The molecule has 0 saturated carbocycles. The van der Waals surface area contributed by atoms with Crippen LogP contribution in [-0.4, -0.2) is 31.1 Å². The quantitative estimate of drug-likeness (QED) is 0.460. The Morgan fingerprint density at radius 3 is 1.72 bits per heavy atom. The molecule has 2 nitrogen and oxygen atoms in total. The van der Waals surface area contributed by atoms with Gasteiger partial charge in [-0.05, 0) is 56.4 Å². The highest BCUT2D eigenvalue weighted by Gasteiger charge is 2.14. The number of unbranched alkanes of at least 4 members (excludes halogenated alkanes) is 1. The first-order valence-electron chi connectivity index (χ1n) is 9.79. The van der Waals surface area contributed by atoms with Gasteiger partial charge in [0.2, 0.25) is 0 Å². The summed E-state index contributed by atoms with van der Waals surface area (Å²) < 4.78 is 6.30. The lowest BCUT2D eigenvalue weighted by Crippen LogP contribution is -2.26. The highest BCUT2D eigenvalue weighted by Crippen LogP contribution is 2.25. The first kappa shape index (κ1) is 19.7. The van der Waals surface area contributed by atoms with Crippen molar-refractivity contribution in [3.8, 4) is 0 Å². The summed E-state index contributed by atoms with van der Waals surface area (Å²) in [6.45, 7) is 8.94. The smallest absolute Gasteiger partial charge is 0.108 e. The van der Waals surface area contributed by atoms with Crippen LogP contribution >= 0.6 is 0 Å². The molecule has 0 saturated heterocycles. The fraction of sp³-hybridized carbons (Fsp3) is 0.478. The Morgan fingerprint density at radius 1 is 0.720 bits per heavy atom. The van der Waals surface area contributed by atoms with E-state index < -0.39 is 0 Å². The van der Waals surface area contributed by atoms with E-state index in [1.54, 1.807) is 0 Å². The number of rotatable bonds is 12. The van der Waals surface area contributed by atoms with Crippen LogP contribution in [0.15, 0.2) is 60.7 Å². The summed E-state index contributed by atoms with van der Waals surface area (Å²) in [6, 6.07) is 21.1. The lowest BCUT2D eigenvalue weighted by Gasteiger charge is -2.22. The Balaban J connectivity index is 1.84. The van der Waals surface area contributed by atoms with Gasteiger partial charge in [0.1, 0.15) is 6.10 Å². The van der Waals surface area contributed by atoms with Gasteiger partial charge in [-0.2, -0.15) is 0 Å². The van der Waals surface area contributed by atoms with Gasteiger partial charge in [-0.15, -0.1) is 0 Å². The van der Waals surface area contributed by atoms with E-state index in [1.807, 2.05) is 0 Å². The second kappa shape index (κ2) is 11.8. The normalized spacial score (nSPS) is 11.4. The van der Waals surface area contributed by atoms with E-state index in [0.717, 1.165) is 13.0 Å². The maximum Gasteiger partial charge on any atom is 0.108 e. The van der Waals surface area contributed by atoms with E-state index in [2.05, 4.69) is 79.4 Å². The molecule has 0 unspecified atom stereocenters. The van der Waals surface area contributed by atoms with E-state index in [0.29, 0.717) is 0 Å². The maximum atomic E-state index is 6.30. The van der Waals surface area contributed by atoms with Crippen LogP contribution in [0.4, 0.5) is 0 Å². The third-order valence-corrected chi connectivity index (χ3v) is 4.44. The lowest BCUT2D eigenvalue weighted by atomic mass is 10.0. The van der Waals surface area contributed by atoms with Crippen molar-refractivity contribution in [2.45, 2.75) is 45.6 Å². The zero-order valence-electron chi connectivity index (χ0n) is 15.9. The predicted molar refractivity (Wildman–Crippen MR) is 107 cm³/mol. The summed E-state index contributed by atoms with van der Waals surface area (Å²) in [4.78, 5) is 2.58. The molecule has 0 fully saturated rings. The topological polar surface area (TPSA) is 12.5 Å². The molecule has 0 radical (unpaired) electrons. The number of benzene rings is 2. The van der Waals surface area contributed by atoms with Gasteiger partial charge in [-0.3, -0.25) is 0 Å². The molecule has 2 aromatic carbocycles. The molecule has 0 aliphatic heterocycles. The summed E-state index contributed by atoms with van der Waals surface area (Å²) >= 11 is 0. The molecule has 0 aliphatic carbocycles. The third-order valence-electron chi connectivity index (χ3n) is 4.44. The zero-order valence-corrected chi connectivity index (χ0v) is 15.9. The van der Waals surface area contributed by atoms with Crippen LogP contribution in [0.1, 0.15) is 56.8 Å². The van der Waals surface area contributed by atoms with Crippen molar-refractivity contribution < 1.29 is 4.74 Å². The molecule has 2 heteroatoms. The van der Waals surface area contributed by atoms with Crippen LogP contribution < -0.4 is 0 Å². The van der Waals surface area contributed by atoms with Crippen molar-refractivity contribution in [3.05, 3.63) is 71.8 Å². The van der Waals surface area contributed by atoms with Crippen molar-refractivity contribution in [1.29, 1.82) is 0 Å². The average Bonchev–Trinajstić information content (AvgIpc) is 2.66. The SMILES string of the molecule is CCCN(CCC)CCCCOC(c1ccccc1)c1ccccc1. The minimum absolute atomic E-state index is 0.0322. The lowest BCUT2D eigenvalue weighted by molar-refractivity contribution is 0.0753. The molecule has 0 N–H and O–H groups in total. The first-order valence-corrected chi connectivity index (χ1v) is 9.79. The Hall–Kier alpha value is -1.64. The van der Waals surface area contributed by atoms with Gasteiger partial charge in [0.25, 0.3) is 0 Å². The fourth-order valence-corrected chi connectivity index (χ4v) is 3.25. The van der Waals surface area contributed by atoms with Crippen molar-refractivity contribution in [2.24, 2.45) is 0 Å². The highest BCUT2D eigenvalue weighted by atomic mass is 16.5. The molecular weight excluding hydrogens is 306 g/mol. The van der Waals surface area contributed by atoms with Crippen molar-refractivity contribution in [3.63, 3.8) is 0 Å². The molecule has 136 valence electrons. The van der Waals surface area contributed by atoms with Crippen molar-refractivity contribution in [2.75, 3.05) is 26.2 Å². The number of hydrogen-bond acceptors (Lipinski definition) is 2. The van der Waals surface area contributed by atoms with E-state index in [-0.39, 0.29) is 6.10 Å². The Bertz CT molecular complexity index is 509. The summed E-state index contributed by atoms with van der Waals surface area (Å²) in [6.07, 6.45) is 4.82. The van der Waals surface area contributed by atoms with Crippen molar-refractivity contribution >= 4 is 0 Å². The summed E-state index contributed by atoms with van der Waals surface area (Å²) in [5.41, 5.74) is 2.46. The molecule has 0 bridgehead atoms. The second-order valence-corrected chi connectivity index (χ2v) is 6.62. The summed E-state index contributed by atoms with van der Waals surface area (Å²) in [5, 5.41) is 0. The van der Waals surface area contributed by atoms with Crippen LogP contribution in [0.3, 0.4) is 0 Å². The molecule has 0 aliphatic rings. The van der Waals surface area contributed by atoms with E-state index in [1.165, 1.54) is 50.0 Å². The van der Waals surface area contributed by atoms with Crippen molar-refractivity contribution in [1.82, 2.24) is 4.90 Å². The number of nitrogens with zero attached hydrogens (tertiary/aromatic N) is 1. The van der Waals surface area contributed by atoms with Gasteiger partial charge >= 0.3 is 0 Å². The largest absolute Gasteiger partial charge is 0.369 e. The van der Waals surface area contributed by atoms with E-state index in [4.69, 9.17) is 4.74 Å². The van der Waals surface area contributed by atoms with Crippen LogP contribution in [-0.2, 0) is 4.74 Å². The standard InChI is InChI=1S/C23H33NO/c1-3-17-24(18-4-2)19-11-12-20-25-23(21-13-7-5-8-14-21)22-15-9-6-10-16-22/h5-10,13-16,23H,3-4,11-12,17-20H2,1-2H3. The summed E-state index contributed by atoms with van der Waals surface area (Å²) in [5.74, 6) is 0. The van der Waals surface area contributed by atoms with Gasteiger partial charge in [0, 0.05) is 6.61 Å². The monoisotopic (exact) mass is 339 g/mol. The van der Waals surface area contributed by atoms with Crippen LogP contribution in [0, 0.1) is 0 Å². The second-order valence-electron chi connectivity index (χ2n) is 6.62. The number of hydrogen-bond donors (Lipinski definition) is 0. The van der Waals surface area contributed by atoms with Gasteiger partial charge in [0.15, 0.2) is 0 Å². The van der Waals surface area contributed by atoms with Crippen LogP contribution in [0.2, 0.25) is 0 Å². The molecule has 2 rings (SSSR count). The molecule has 0 atom stereocenters. The third kappa shape index (κ3) is 7.01. The van der Waals surface area contributed by atoms with E-state index in [9.17, 15) is 0 Å². The van der Waals surface area contributed by atoms with E-state index >= 15 is 0 Å². The molecule has 0 aromatic heterocycles. The summed E-state index contributed by atoms with van der Waals surface area (Å²) in [7, 11) is 0. The predicted octanol–water partition coefficient (Wildman–Crippen LogP) is 5.69. The van der Waals surface area contributed by atoms with Gasteiger partial charge in [-0.25, -0.2) is 0 Å². The molecule has 0 spiro atoms. The maximum absolute atomic E-state index is 6.30. The highest BCUT2D eigenvalue weighted by molar-refractivity contribution is 5.29. The molecule has 0 amide bonds. The molecule has 0 heterocycles.